The first-order valence-corrected chi connectivity index (χ1v) is 24.2. The van der Waals surface area contributed by atoms with E-state index in [0.29, 0.717) is 11.1 Å². The number of nitrogen functional groups attached to an aromatic ring is 2. The highest BCUT2D eigenvalue weighted by Gasteiger charge is 2.39. The number of rotatable bonds is 16. The molecule has 0 saturated carbocycles. The number of aromatic nitrogens is 4. The second-order valence-electron chi connectivity index (χ2n) is 19.7. The molecule has 4 aromatic rings. The molecule has 0 aliphatic carbocycles. The van der Waals surface area contributed by atoms with Crippen LogP contribution in [0.25, 0.3) is 0 Å². The number of carbonyl (C=O) groups excluding carboxylic acids is 1. The number of benzene rings is 2. The van der Waals surface area contributed by atoms with E-state index in [4.69, 9.17) is 30.4 Å². The fourth-order valence-corrected chi connectivity index (χ4v) is 8.59. The average molecular weight is 1170 g/mol. The Balaban J connectivity index is 0.000000285. The van der Waals surface area contributed by atoms with Crippen LogP contribution in [0.4, 0.5) is 36.2 Å². The molecule has 0 amide bonds. The molecule has 0 radical (unpaired) electrons. The summed E-state index contributed by atoms with van der Waals surface area (Å²) in [6.45, 7) is 9.98. The Morgan fingerprint density at radius 3 is 1.61 bits per heavy atom. The van der Waals surface area contributed by atoms with E-state index in [2.05, 4.69) is 21.8 Å². The predicted octanol–water partition coefficient (Wildman–Crippen LogP) is 5.22. The van der Waals surface area contributed by atoms with Gasteiger partial charge in [-0.1, -0.05) is 53.4 Å². The first kappa shape index (κ1) is 59.9. The molecule has 6 rings (SSSR count). The highest BCUT2D eigenvalue weighted by molar-refractivity contribution is 14.1. The third-order valence-corrected chi connectivity index (χ3v) is 12.6. The molecular formula is C48H58F3IN8O15. The largest absolute Gasteiger partial charge is 0.450 e. The van der Waals surface area contributed by atoms with Crippen molar-refractivity contribution in [1.29, 1.82) is 0 Å². The van der Waals surface area contributed by atoms with Gasteiger partial charge in [-0.2, -0.15) is 23.1 Å². The Hall–Kier alpha value is -5.97. The lowest BCUT2D eigenvalue weighted by Gasteiger charge is -2.31. The highest BCUT2D eigenvalue weighted by Crippen LogP contribution is 2.43. The number of hydrogen-bond donors (Lipinski definition) is 6. The van der Waals surface area contributed by atoms with Crippen molar-refractivity contribution in [2.24, 2.45) is 10.8 Å². The Labute approximate surface area is 440 Å². The molecule has 2 fully saturated rings. The maximum Gasteiger partial charge on any atom is 0.450 e. The highest BCUT2D eigenvalue weighted by atomic mass is 127. The Morgan fingerprint density at radius 1 is 0.800 bits per heavy atom. The zero-order valence-electron chi connectivity index (χ0n) is 41.5. The number of nitro groups is 2. The number of alkyl halides is 3. The molecule has 8 atom stereocenters. The average Bonchev–Trinajstić information content (AvgIpc) is 3.89. The maximum atomic E-state index is 12.5. The Bertz CT molecular complexity index is 2920. The lowest BCUT2D eigenvalue weighted by Crippen LogP contribution is -2.29. The van der Waals surface area contributed by atoms with Crippen LogP contribution >= 0.6 is 22.6 Å². The minimum atomic E-state index is -4.95. The monoisotopic (exact) mass is 1170 g/mol. The lowest BCUT2D eigenvalue weighted by molar-refractivity contribution is -0.386. The van der Waals surface area contributed by atoms with E-state index < -0.39 is 106 Å². The molecule has 8 N–H and O–H groups in total. The van der Waals surface area contributed by atoms with Crippen molar-refractivity contribution in [3.63, 3.8) is 0 Å². The van der Waals surface area contributed by atoms with Crippen molar-refractivity contribution in [1.82, 2.24) is 19.1 Å². The topological polar surface area (TPSA) is 343 Å². The maximum absolute atomic E-state index is 12.5. The third kappa shape index (κ3) is 15.3. The van der Waals surface area contributed by atoms with Crippen molar-refractivity contribution >= 4 is 51.4 Å². The van der Waals surface area contributed by atoms with E-state index in [9.17, 15) is 68.2 Å². The lowest BCUT2D eigenvalue weighted by atomic mass is 9.83. The first-order chi connectivity index (χ1) is 34.9. The van der Waals surface area contributed by atoms with Crippen LogP contribution in [0.5, 0.6) is 0 Å². The molecule has 27 heteroatoms. The number of aliphatic hydroxyl groups excluding tert-OH is 4. The van der Waals surface area contributed by atoms with Gasteiger partial charge in [0.15, 0.2) is 0 Å². The number of nitro benzene ring substituents is 2. The zero-order valence-corrected chi connectivity index (χ0v) is 43.7. The van der Waals surface area contributed by atoms with Crippen LogP contribution in [0.15, 0.2) is 58.4 Å². The number of nitrogens with two attached hydrogens (primary N) is 2. The van der Waals surface area contributed by atoms with Crippen LogP contribution in [-0.4, -0.2) is 99.0 Å². The summed E-state index contributed by atoms with van der Waals surface area (Å²) in [7, 11) is 0. The molecule has 75 heavy (non-hydrogen) atoms. The van der Waals surface area contributed by atoms with E-state index >= 15 is 0 Å². The number of hydrogen-bond acceptors (Lipinski definition) is 19. The molecular weight excluding hydrogens is 1110 g/mol. The van der Waals surface area contributed by atoms with E-state index in [1.54, 1.807) is 32.9 Å². The van der Waals surface area contributed by atoms with Crippen LogP contribution in [0, 0.1) is 46.5 Å². The van der Waals surface area contributed by atoms with E-state index in [1.165, 1.54) is 41.2 Å². The van der Waals surface area contributed by atoms with Crippen molar-refractivity contribution in [2.75, 3.05) is 24.7 Å². The number of nitrogens with zero attached hydrogens (tertiary/aromatic N) is 6. The van der Waals surface area contributed by atoms with Gasteiger partial charge in [0.2, 0.25) is 5.78 Å². The second kappa shape index (κ2) is 24.8. The molecule has 0 spiro atoms. The molecule has 23 nitrogen and oxygen atoms in total. The van der Waals surface area contributed by atoms with Gasteiger partial charge in [0.1, 0.15) is 36.3 Å². The normalized spacial score (nSPS) is 20.6. The van der Waals surface area contributed by atoms with Gasteiger partial charge < -0.3 is 50.8 Å². The standard InChI is InChI=1S/C27H31F3N4O8.C21H27IN4O7/c1-26(2,3)23(17-9-8-15(10-18(17)34(39)40)6-4-5-7-21(37)27(28,29)30)41-14-16-12-33(25(38)32-24(16)31)22-11-19(36)20(13-35)42-22;1-21(2,3)18(13-5-4-12(22)6-14(13)26(30)31)32-10-11-8-25(20(29)24-19(11)23)17-7-15(28)16(9-27)33-17/h8-10,12,19-20,22-23,35-36H,5,7,11,13-14H2,1-3H3,(H2,31,32,38);4-6,8,15-18,27-28H,7,9-10H2,1-3H3,(H2,23,24,29)/t19-,20-,22-,23+;15-,16-,17-,18+/m11/s1. The smallest absolute Gasteiger partial charge is 0.394 e. The summed E-state index contributed by atoms with van der Waals surface area (Å²) < 4.78 is 63.5. The van der Waals surface area contributed by atoms with Gasteiger partial charge in [0, 0.05) is 70.5 Å². The minimum Gasteiger partial charge on any atom is -0.394 e. The van der Waals surface area contributed by atoms with Crippen LogP contribution in [0.1, 0.15) is 120 Å². The summed E-state index contributed by atoms with van der Waals surface area (Å²) in [6.07, 6.45) is -10.0. The Kier molecular flexibility index (Phi) is 19.8. The SMILES string of the molecule is CC(C)(C)[C@@H](OCc1cn([C@H]2C[C@@H](O)[C@@H](CO)O2)c(=O)nc1N)c1ccc(C#CCCC(=O)C(F)(F)F)cc1[N+](=O)[O-].CC(C)(C)[C@@H](OCc1cn([C@H]2C[C@@H](O)[C@@H](CO)O2)c(=O)nc1N)c1ccc(I)cc1[N+](=O)[O-]. The molecule has 2 aliphatic rings. The molecule has 0 bridgehead atoms. The van der Waals surface area contributed by atoms with E-state index in [0.717, 1.165) is 8.14 Å². The third-order valence-electron chi connectivity index (χ3n) is 11.9. The molecule has 2 aliphatic heterocycles. The fraction of sp³-hybridized carbons (Fsp3) is 0.521. The molecule has 408 valence electrons. The second-order valence-corrected chi connectivity index (χ2v) is 21.0. The van der Waals surface area contributed by atoms with Gasteiger partial charge in [-0.15, -0.1) is 0 Å². The number of ketones is 1. The molecule has 4 heterocycles. The van der Waals surface area contributed by atoms with Crippen LogP contribution in [-0.2, 0) is 37.0 Å². The summed E-state index contributed by atoms with van der Waals surface area (Å²) in [5, 5.41) is 62.3. The first-order valence-electron chi connectivity index (χ1n) is 23.1. The number of carbonyl (C=O) groups is 1. The van der Waals surface area contributed by atoms with Crippen molar-refractivity contribution in [3.8, 4) is 11.8 Å². The molecule has 0 unspecified atom stereocenters. The number of aliphatic hydroxyl groups is 4. The van der Waals surface area contributed by atoms with Gasteiger partial charge in [0.05, 0.1) is 71.8 Å². The Morgan fingerprint density at radius 2 is 1.23 bits per heavy atom. The summed E-state index contributed by atoms with van der Waals surface area (Å²) in [4.78, 5) is 66.1. The summed E-state index contributed by atoms with van der Waals surface area (Å²) in [6, 6.07) is 9.02. The molecule has 2 aromatic carbocycles. The zero-order chi connectivity index (χ0) is 55.9. The number of anilines is 2. The quantitative estimate of drug-likeness (QED) is 0.0362. The van der Waals surface area contributed by atoms with Crippen LogP contribution in [0.2, 0.25) is 0 Å². The van der Waals surface area contributed by atoms with Gasteiger partial charge >= 0.3 is 17.6 Å². The van der Waals surface area contributed by atoms with Gasteiger partial charge in [-0.05, 0) is 57.7 Å². The van der Waals surface area contributed by atoms with Gasteiger partial charge in [0.25, 0.3) is 11.4 Å². The molecule has 2 saturated heterocycles. The van der Waals surface area contributed by atoms with Gasteiger partial charge in [-0.25, -0.2) is 9.59 Å². The minimum absolute atomic E-state index is 0.0294. The van der Waals surface area contributed by atoms with Crippen molar-refractivity contribution in [2.45, 2.75) is 136 Å². The predicted molar refractivity (Wildman–Crippen MR) is 269 cm³/mol. The van der Waals surface area contributed by atoms with Gasteiger partial charge in [-0.3, -0.25) is 34.2 Å². The molecule has 2 aromatic heterocycles. The number of Topliss-reactive ketones (excluding diaryl/α,β-unsaturated/α-hetero) is 1. The fourth-order valence-electron chi connectivity index (χ4n) is 8.12. The summed E-state index contributed by atoms with van der Waals surface area (Å²) in [5.74, 6) is 2.91. The number of halogens is 4. The van der Waals surface area contributed by atoms with E-state index in [1.807, 2.05) is 43.4 Å². The van der Waals surface area contributed by atoms with Crippen molar-refractivity contribution < 1.29 is 67.2 Å². The van der Waals surface area contributed by atoms with Crippen LogP contribution < -0.4 is 22.8 Å². The van der Waals surface area contributed by atoms with Crippen LogP contribution in [0.3, 0.4) is 0 Å². The van der Waals surface area contributed by atoms with Crippen molar-refractivity contribution in [3.05, 3.63) is 121 Å². The summed E-state index contributed by atoms with van der Waals surface area (Å²) >= 11 is 2.02. The van der Waals surface area contributed by atoms with E-state index in [-0.39, 0.29) is 78.8 Å². The summed E-state index contributed by atoms with van der Waals surface area (Å²) in [5.41, 5.74) is 10.4. The number of ether oxygens (including phenoxy) is 4.